The van der Waals surface area contributed by atoms with Gasteiger partial charge in [-0.1, -0.05) is 65.8 Å². The smallest absolute Gasteiger partial charge is 0.192 e. The van der Waals surface area contributed by atoms with E-state index in [1.807, 2.05) is 12.1 Å². The summed E-state index contributed by atoms with van der Waals surface area (Å²) in [5.74, 6) is 0.157. The Balaban J connectivity index is 1.80. The van der Waals surface area contributed by atoms with Gasteiger partial charge in [-0.15, -0.1) is 11.8 Å². The van der Waals surface area contributed by atoms with Crippen molar-refractivity contribution in [1.29, 1.82) is 0 Å². The lowest BCUT2D eigenvalue weighted by molar-refractivity contribution is 0.568. The normalized spacial score (nSPS) is 11.0. The third-order valence-corrected chi connectivity index (χ3v) is 4.96. The molecule has 6 heteroatoms. The van der Waals surface area contributed by atoms with Crippen molar-refractivity contribution in [2.45, 2.75) is 15.9 Å². The largest absolute Gasteiger partial charge is 0.213 e. The van der Waals surface area contributed by atoms with Gasteiger partial charge < -0.3 is 0 Å². The van der Waals surface area contributed by atoms with Crippen LogP contribution in [0.3, 0.4) is 0 Å². The Morgan fingerprint density at radius 3 is 2.64 bits per heavy atom. The SMILES string of the molecule is CSc1nc(SCc2ccc3ccccc3c2)nc(Cl)c1F. The Morgan fingerprint density at radius 2 is 1.86 bits per heavy atom. The van der Waals surface area contributed by atoms with Crippen LogP contribution >= 0.6 is 35.1 Å². The number of nitrogens with zero attached hydrogens (tertiary/aromatic N) is 2. The molecule has 3 rings (SSSR count). The summed E-state index contributed by atoms with van der Waals surface area (Å²) in [5.41, 5.74) is 1.17. The second-order valence-corrected chi connectivity index (χ2v) is 6.69. The molecular weight excluding hydrogens is 339 g/mol. The van der Waals surface area contributed by atoms with Crippen LogP contribution in [0.25, 0.3) is 10.8 Å². The molecule has 0 aliphatic heterocycles. The van der Waals surface area contributed by atoms with Gasteiger partial charge in [-0.3, -0.25) is 0 Å². The molecule has 22 heavy (non-hydrogen) atoms. The first-order chi connectivity index (χ1) is 10.7. The summed E-state index contributed by atoms with van der Waals surface area (Å²) < 4.78 is 13.6. The van der Waals surface area contributed by atoms with E-state index in [2.05, 4.69) is 40.3 Å². The first-order valence-corrected chi connectivity index (χ1v) is 9.13. The monoisotopic (exact) mass is 350 g/mol. The average Bonchev–Trinajstić information content (AvgIpc) is 2.55. The van der Waals surface area contributed by atoms with Crippen LogP contribution in [0.1, 0.15) is 5.56 Å². The van der Waals surface area contributed by atoms with Gasteiger partial charge in [-0.25, -0.2) is 14.4 Å². The average molecular weight is 351 g/mol. The third-order valence-electron chi connectivity index (χ3n) is 3.14. The van der Waals surface area contributed by atoms with E-state index in [1.165, 1.54) is 39.9 Å². The molecule has 0 aliphatic carbocycles. The van der Waals surface area contributed by atoms with Crippen molar-refractivity contribution in [2.75, 3.05) is 6.26 Å². The van der Waals surface area contributed by atoms with Crippen molar-refractivity contribution in [1.82, 2.24) is 9.97 Å². The Hall–Kier alpha value is -1.30. The van der Waals surface area contributed by atoms with Gasteiger partial charge in [0.25, 0.3) is 0 Å². The van der Waals surface area contributed by atoms with Crippen molar-refractivity contribution in [3.63, 3.8) is 0 Å². The molecule has 3 aromatic rings. The van der Waals surface area contributed by atoms with Gasteiger partial charge in [0.1, 0.15) is 5.03 Å². The number of fused-ring (bicyclic) bond motifs is 1. The van der Waals surface area contributed by atoms with E-state index >= 15 is 0 Å². The van der Waals surface area contributed by atoms with Crippen molar-refractivity contribution in [3.8, 4) is 0 Å². The summed E-state index contributed by atoms with van der Waals surface area (Å²) in [7, 11) is 0. The molecule has 0 spiro atoms. The molecule has 1 aromatic heterocycles. The van der Waals surface area contributed by atoms with E-state index < -0.39 is 5.82 Å². The lowest BCUT2D eigenvalue weighted by Crippen LogP contribution is -1.95. The molecular formula is C16H12ClFN2S2. The number of aromatic nitrogens is 2. The molecule has 2 aromatic carbocycles. The van der Waals surface area contributed by atoms with Crippen LogP contribution in [0.5, 0.6) is 0 Å². The molecule has 0 amide bonds. The zero-order valence-corrected chi connectivity index (χ0v) is 14.1. The van der Waals surface area contributed by atoms with E-state index in [9.17, 15) is 4.39 Å². The van der Waals surface area contributed by atoms with Gasteiger partial charge in [0.2, 0.25) is 0 Å². The van der Waals surface area contributed by atoms with Gasteiger partial charge in [0.15, 0.2) is 16.1 Å². The molecule has 0 aliphatic rings. The maximum absolute atomic E-state index is 13.6. The fourth-order valence-corrected chi connectivity index (χ4v) is 3.63. The summed E-state index contributed by atoms with van der Waals surface area (Å²) in [6, 6.07) is 14.5. The highest BCUT2D eigenvalue weighted by atomic mass is 35.5. The molecule has 0 bridgehead atoms. The first kappa shape index (κ1) is 15.6. The van der Waals surface area contributed by atoms with Crippen LogP contribution in [-0.2, 0) is 5.75 Å². The summed E-state index contributed by atoms with van der Waals surface area (Å²) in [4.78, 5) is 8.17. The maximum atomic E-state index is 13.6. The van der Waals surface area contributed by atoms with Crippen LogP contribution in [0, 0.1) is 5.82 Å². The zero-order valence-electron chi connectivity index (χ0n) is 11.7. The molecule has 0 radical (unpaired) electrons. The lowest BCUT2D eigenvalue weighted by Gasteiger charge is -2.06. The Kier molecular flexibility index (Phi) is 4.86. The van der Waals surface area contributed by atoms with Crippen molar-refractivity contribution in [3.05, 3.63) is 59.0 Å². The minimum Gasteiger partial charge on any atom is -0.213 e. The van der Waals surface area contributed by atoms with Crippen LogP contribution in [0.2, 0.25) is 5.15 Å². The Morgan fingerprint density at radius 1 is 1.09 bits per heavy atom. The minimum atomic E-state index is -0.552. The fourth-order valence-electron chi connectivity index (χ4n) is 2.06. The van der Waals surface area contributed by atoms with Crippen molar-refractivity contribution >= 4 is 45.9 Å². The Bertz CT molecular complexity index is 826. The van der Waals surface area contributed by atoms with Crippen LogP contribution < -0.4 is 0 Å². The van der Waals surface area contributed by atoms with E-state index in [0.29, 0.717) is 10.9 Å². The summed E-state index contributed by atoms with van der Waals surface area (Å²) >= 11 is 8.48. The minimum absolute atomic E-state index is 0.125. The first-order valence-electron chi connectivity index (χ1n) is 6.55. The molecule has 1 heterocycles. The van der Waals surface area contributed by atoms with E-state index in [1.54, 1.807) is 6.26 Å². The quantitative estimate of drug-likeness (QED) is 0.355. The molecule has 0 saturated carbocycles. The number of benzene rings is 2. The standard InChI is InChI=1S/C16H12ClFN2S2/c1-21-15-13(18)14(17)19-16(20-15)22-9-10-6-7-11-4-2-3-5-12(11)8-10/h2-8H,9H2,1H3. The highest BCUT2D eigenvalue weighted by molar-refractivity contribution is 7.99. The Labute approximate surface area is 141 Å². The van der Waals surface area contributed by atoms with Gasteiger partial charge in [0, 0.05) is 5.75 Å². The van der Waals surface area contributed by atoms with Crippen molar-refractivity contribution in [2.24, 2.45) is 0 Å². The van der Waals surface area contributed by atoms with Crippen LogP contribution in [0.4, 0.5) is 4.39 Å². The second-order valence-electron chi connectivity index (χ2n) is 4.59. The molecule has 0 saturated heterocycles. The molecule has 0 fully saturated rings. The van der Waals surface area contributed by atoms with E-state index in [0.717, 1.165) is 0 Å². The predicted molar refractivity (Wildman–Crippen MR) is 92.3 cm³/mol. The van der Waals surface area contributed by atoms with Gasteiger partial charge >= 0.3 is 0 Å². The maximum Gasteiger partial charge on any atom is 0.192 e. The molecule has 0 N–H and O–H groups in total. The number of thioether (sulfide) groups is 2. The second kappa shape index (κ2) is 6.86. The summed E-state index contributed by atoms with van der Waals surface area (Å²) in [6.07, 6.45) is 1.76. The summed E-state index contributed by atoms with van der Waals surface area (Å²) in [5, 5.41) is 3.05. The number of rotatable bonds is 4. The zero-order chi connectivity index (χ0) is 15.5. The van der Waals surface area contributed by atoms with Crippen LogP contribution in [0.15, 0.2) is 52.6 Å². The fraction of sp³-hybridized carbons (Fsp3) is 0.125. The van der Waals surface area contributed by atoms with Gasteiger partial charge in [-0.2, -0.15) is 0 Å². The summed E-state index contributed by atoms with van der Waals surface area (Å²) in [6.45, 7) is 0. The molecule has 0 atom stereocenters. The third kappa shape index (κ3) is 3.37. The van der Waals surface area contributed by atoms with Gasteiger partial charge in [-0.05, 0) is 22.6 Å². The molecule has 112 valence electrons. The molecule has 2 nitrogen and oxygen atoms in total. The number of hydrogen-bond donors (Lipinski definition) is 0. The topological polar surface area (TPSA) is 25.8 Å². The van der Waals surface area contributed by atoms with Crippen molar-refractivity contribution < 1.29 is 4.39 Å². The lowest BCUT2D eigenvalue weighted by atomic mass is 10.1. The predicted octanol–water partition coefficient (Wildman–Crippen LogP) is 5.44. The number of hydrogen-bond acceptors (Lipinski definition) is 4. The van der Waals surface area contributed by atoms with E-state index in [4.69, 9.17) is 11.6 Å². The van der Waals surface area contributed by atoms with E-state index in [-0.39, 0.29) is 10.2 Å². The highest BCUT2D eigenvalue weighted by Crippen LogP contribution is 2.28. The highest BCUT2D eigenvalue weighted by Gasteiger charge is 2.12. The molecule has 0 unspecified atom stereocenters. The number of halogens is 2. The van der Waals surface area contributed by atoms with Gasteiger partial charge in [0.05, 0.1) is 0 Å². The van der Waals surface area contributed by atoms with Crippen LogP contribution in [-0.4, -0.2) is 16.2 Å².